The maximum atomic E-state index is 5.75. The molecule has 0 radical (unpaired) electrons. The summed E-state index contributed by atoms with van der Waals surface area (Å²) in [5, 5.41) is 4.32. The molecule has 0 saturated heterocycles. The summed E-state index contributed by atoms with van der Waals surface area (Å²) in [5.74, 6) is 1.90. The van der Waals surface area contributed by atoms with Crippen molar-refractivity contribution in [3.8, 4) is 0 Å². The molecule has 1 aliphatic carbocycles. The molecule has 14 heavy (non-hydrogen) atoms. The Morgan fingerprint density at radius 2 is 2.43 bits per heavy atom. The maximum Gasteiger partial charge on any atom is 0.0527 e. The number of nitrogens with two attached hydrogens (primary N) is 1. The lowest BCUT2D eigenvalue weighted by Crippen LogP contribution is -2.21. The normalized spacial score (nSPS) is 27.7. The van der Waals surface area contributed by atoms with Gasteiger partial charge in [0.2, 0.25) is 0 Å². The Kier molecular flexibility index (Phi) is 2.35. The Balaban J connectivity index is 2.34. The molecule has 0 aromatic carbocycles. The van der Waals surface area contributed by atoms with Crippen molar-refractivity contribution in [3.05, 3.63) is 17.5 Å². The minimum atomic E-state index is 0.565. The monoisotopic (exact) mass is 193 g/mol. The van der Waals surface area contributed by atoms with Crippen molar-refractivity contribution in [2.45, 2.75) is 26.2 Å². The van der Waals surface area contributed by atoms with Crippen LogP contribution in [0.3, 0.4) is 0 Å². The molecule has 2 rings (SSSR count). The highest BCUT2D eigenvalue weighted by molar-refractivity contribution is 5.30. The van der Waals surface area contributed by atoms with Gasteiger partial charge in [-0.2, -0.15) is 5.10 Å². The molecule has 1 aliphatic rings. The van der Waals surface area contributed by atoms with Gasteiger partial charge in [-0.05, 0) is 36.3 Å². The predicted octanol–water partition coefficient (Wildman–Crippen LogP) is 1.29. The second-order valence-electron chi connectivity index (χ2n) is 4.59. The van der Waals surface area contributed by atoms with Gasteiger partial charge < -0.3 is 5.73 Å². The van der Waals surface area contributed by atoms with Gasteiger partial charge in [0, 0.05) is 12.7 Å². The SMILES string of the molecule is CC(CN)C1c2cnn(C)c2CC1C. The molecule has 1 aromatic heterocycles. The number of hydrogen-bond donors (Lipinski definition) is 1. The third-order valence-corrected chi connectivity index (χ3v) is 3.57. The van der Waals surface area contributed by atoms with Crippen molar-refractivity contribution in [2.75, 3.05) is 6.54 Å². The summed E-state index contributed by atoms with van der Waals surface area (Å²) in [4.78, 5) is 0. The van der Waals surface area contributed by atoms with Crippen LogP contribution in [0.15, 0.2) is 6.20 Å². The van der Waals surface area contributed by atoms with Gasteiger partial charge in [-0.25, -0.2) is 0 Å². The average molecular weight is 193 g/mol. The fraction of sp³-hybridized carbons (Fsp3) is 0.727. The summed E-state index contributed by atoms with van der Waals surface area (Å²) in [6.07, 6.45) is 3.18. The number of hydrogen-bond acceptors (Lipinski definition) is 2. The topological polar surface area (TPSA) is 43.8 Å². The van der Waals surface area contributed by atoms with E-state index < -0.39 is 0 Å². The second kappa shape index (κ2) is 3.39. The fourth-order valence-electron chi connectivity index (χ4n) is 2.76. The van der Waals surface area contributed by atoms with E-state index in [1.807, 2.05) is 17.9 Å². The maximum absolute atomic E-state index is 5.75. The summed E-state index contributed by atoms with van der Waals surface area (Å²) < 4.78 is 2.01. The van der Waals surface area contributed by atoms with Gasteiger partial charge in [0.1, 0.15) is 0 Å². The van der Waals surface area contributed by atoms with Gasteiger partial charge in [-0.3, -0.25) is 4.68 Å². The molecule has 2 N–H and O–H groups in total. The van der Waals surface area contributed by atoms with Crippen molar-refractivity contribution in [2.24, 2.45) is 24.6 Å². The minimum absolute atomic E-state index is 0.565. The summed E-state index contributed by atoms with van der Waals surface area (Å²) in [6, 6.07) is 0. The van der Waals surface area contributed by atoms with Gasteiger partial charge in [0.25, 0.3) is 0 Å². The zero-order valence-corrected chi connectivity index (χ0v) is 9.20. The largest absolute Gasteiger partial charge is 0.330 e. The molecule has 3 heteroatoms. The molecule has 0 bridgehead atoms. The molecular weight excluding hydrogens is 174 g/mol. The van der Waals surface area contributed by atoms with E-state index >= 15 is 0 Å². The van der Waals surface area contributed by atoms with Crippen LogP contribution in [0.2, 0.25) is 0 Å². The first-order valence-electron chi connectivity index (χ1n) is 5.36. The van der Waals surface area contributed by atoms with Crippen LogP contribution in [0.5, 0.6) is 0 Å². The zero-order chi connectivity index (χ0) is 10.3. The van der Waals surface area contributed by atoms with E-state index in [1.165, 1.54) is 11.3 Å². The molecule has 3 atom stereocenters. The second-order valence-corrected chi connectivity index (χ2v) is 4.59. The number of aryl methyl sites for hydroxylation is 1. The number of rotatable bonds is 2. The lowest BCUT2D eigenvalue weighted by molar-refractivity contribution is 0.373. The third kappa shape index (κ3) is 1.27. The smallest absolute Gasteiger partial charge is 0.0527 e. The minimum Gasteiger partial charge on any atom is -0.330 e. The van der Waals surface area contributed by atoms with Gasteiger partial charge >= 0.3 is 0 Å². The van der Waals surface area contributed by atoms with E-state index in [1.54, 1.807) is 0 Å². The van der Waals surface area contributed by atoms with Crippen molar-refractivity contribution in [3.63, 3.8) is 0 Å². The Morgan fingerprint density at radius 3 is 3.07 bits per heavy atom. The van der Waals surface area contributed by atoms with E-state index in [0.717, 1.165) is 13.0 Å². The number of nitrogens with zero attached hydrogens (tertiary/aromatic N) is 2. The Bertz CT molecular complexity index is 329. The molecule has 0 amide bonds. The van der Waals surface area contributed by atoms with Crippen LogP contribution in [0.4, 0.5) is 0 Å². The van der Waals surface area contributed by atoms with Gasteiger partial charge in [-0.1, -0.05) is 13.8 Å². The van der Waals surface area contributed by atoms with Crippen LogP contribution in [0, 0.1) is 11.8 Å². The quantitative estimate of drug-likeness (QED) is 0.769. The molecule has 1 heterocycles. The molecule has 0 saturated carbocycles. The van der Waals surface area contributed by atoms with E-state index in [2.05, 4.69) is 18.9 Å². The van der Waals surface area contributed by atoms with Crippen LogP contribution in [-0.2, 0) is 13.5 Å². The molecular formula is C11H19N3. The van der Waals surface area contributed by atoms with Gasteiger partial charge in [0.15, 0.2) is 0 Å². The highest BCUT2D eigenvalue weighted by Crippen LogP contribution is 2.41. The molecule has 0 fully saturated rings. The Hall–Kier alpha value is -0.830. The first-order chi connectivity index (χ1) is 6.65. The molecule has 1 aromatic rings. The Labute approximate surface area is 85.3 Å². The van der Waals surface area contributed by atoms with E-state index in [4.69, 9.17) is 5.73 Å². The fourth-order valence-corrected chi connectivity index (χ4v) is 2.76. The van der Waals surface area contributed by atoms with Gasteiger partial charge in [0.05, 0.1) is 6.20 Å². The van der Waals surface area contributed by atoms with Crippen molar-refractivity contribution >= 4 is 0 Å². The van der Waals surface area contributed by atoms with Crippen molar-refractivity contribution < 1.29 is 0 Å². The number of fused-ring (bicyclic) bond motifs is 1. The van der Waals surface area contributed by atoms with Crippen LogP contribution in [-0.4, -0.2) is 16.3 Å². The summed E-state index contributed by atoms with van der Waals surface area (Å²) in [5.41, 5.74) is 8.58. The summed E-state index contributed by atoms with van der Waals surface area (Å²) in [7, 11) is 2.03. The highest BCUT2D eigenvalue weighted by atomic mass is 15.3. The summed E-state index contributed by atoms with van der Waals surface area (Å²) >= 11 is 0. The third-order valence-electron chi connectivity index (χ3n) is 3.57. The average Bonchev–Trinajstić information content (AvgIpc) is 2.65. The lowest BCUT2D eigenvalue weighted by Gasteiger charge is -2.22. The van der Waals surface area contributed by atoms with E-state index in [9.17, 15) is 0 Å². The van der Waals surface area contributed by atoms with Crippen LogP contribution in [0.25, 0.3) is 0 Å². The zero-order valence-electron chi connectivity index (χ0n) is 9.20. The van der Waals surface area contributed by atoms with Crippen molar-refractivity contribution in [1.29, 1.82) is 0 Å². The Morgan fingerprint density at radius 1 is 1.71 bits per heavy atom. The molecule has 3 unspecified atom stereocenters. The first-order valence-corrected chi connectivity index (χ1v) is 5.36. The van der Waals surface area contributed by atoms with Crippen LogP contribution >= 0.6 is 0 Å². The first kappa shape index (κ1) is 9.71. The van der Waals surface area contributed by atoms with Crippen molar-refractivity contribution in [1.82, 2.24) is 9.78 Å². The van der Waals surface area contributed by atoms with Crippen LogP contribution < -0.4 is 5.73 Å². The predicted molar refractivity (Wildman–Crippen MR) is 57.0 cm³/mol. The molecule has 0 aliphatic heterocycles. The molecule has 78 valence electrons. The van der Waals surface area contributed by atoms with E-state index in [-0.39, 0.29) is 0 Å². The lowest BCUT2D eigenvalue weighted by atomic mass is 9.84. The van der Waals surface area contributed by atoms with Gasteiger partial charge in [-0.15, -0.1) is 0 Å². The summed E-state index contributed by atoms with van der Waals surface area (Å²) in [6.45, 7) is 5.32. The molecule has 0 spiro atoms. The molecule has 3 nitrogen and oxygen atoms in total. The van der Waals surface area contributed by atoms with Crippen LogP contribution in [0.1, 0.15) is 31.0 Å². The van der Waals surface area contributed by atoms with E-state index in [0.29, 0.717) is 17.8 Å². The standard InChI is InChI=1S/C11H19N3/c1-7-4-10-9(6-13-14(10)3)11(7)8(2)5-12/h6-8,11H,4-5,12H2,1-3H3. The number of aromatic nitrogens is 2. The highest BCUT2D eigenvalue weighted by Gasteiger charge is 2.34.